The summed E-state index contributed by atoms with van der Waals surface area (Å²) in [5.41, 5.74) is 0.634. The maximum Gasteiger partial charge on any atom is 0.246 e. The number of anilines is 1. The van der Waals surface area contributed by atoms with Gasteiger partial charge in [0.05, 0.1) is 5.92 Å². The number of hydrogen-bond acceptors (Lipinski definition) is 4. The molecule has 1 aromatic rings. The molecule has 2 aliphatic heterocycles. The van der Waals surface area contributed by atoms with Gasteiger partial charge in [0.15, 0.2) is 11.5 Å². The molecular weight excluding hydrogens is 260 g/mol. The number of amides is 2. The Morgan fingerprint density at radius 3 is 2.80 bits per heavy atom. The molecule has 20 heavy (non-hydrogen) atoms. The number of benzene rings is 1. The highest BCUT2D eigenvalue weighted by atomic mass is 16.7. The summed E-state index contributed by atoms with van der Waals surface area (Å²) >= 11 is 0. The lowest BCUT2D eigenvalue weighted by atomic mass is 10.1. The topological polar surface area (TPSA) is 76.7 Å². The van der Waals surface area contributed by atoms with E-state index < -0.39 is 5.79 Å². The van der Waals surface area contributed by atoms with Crippen LogP contribution in [0.1, 0.15) is 20.3 Å². The number of rotatable bonds is 2. The van der Waals surface area contributed by atoms with Crippen LogP contribution in [0, 0.1) is 5.92 Å². The fraction of sp³-hybridized carbons (Fsp3) is 0.429. The normalized spacial score (nSPS) is 22.5. The molecular formula is C14H16N2O4. The molecule has 0 aliphatic carbocycles. The van der Waals surface area contributed by atoms with Gasteiger partial charge in [-0.25, -0.2) is 0 Å². The summed E-state index contributed by atoms with van der Waals surface area (Å²) in [6.07, 6.45) is 0.240. The Kier molecular flexibility index (Phi) is 2.81. The Morgan fingerprint density at radius 1 is 1.35 bits per heavy atom. The molecule has 1 saturated heterocycles. The molecule has 1 unspecified atom stereocenters. The molecule has 1 aromatic carbocycles. The molecule has 6 nitrogen and oxygen atoms in total. The van der Waals surface area contributed by atoms with Gasteiger partial charge in [-0.1, -0.05) is 0 Å². The molecule has 6 heteroatoms. The average Bonchev–Trinajstić information content (AvgIpc) is 2.90. The molecule has 106 valence electrons. The minimum Gasteiger partial charge on any atom is -0.449 e. The number of fused-ring (bicyclic) bond motifs is 1. The molecule has 3 rings (SSSR count). The second-order valence-electron chi connectivity index (χ2n) is 5.46. The summed E-state index contributed by atoms with van der Waals surface area (Å²) in [6.45, 7) is 4.03. The highest BCUT2D eigenvalue weighted by Crippen LogP contribution is 2.40. The van der Waals surface area contributed by atoms with Crippen LogP contribution >= 0.6 is 0 Å². The van der Waals surface area contributed by atoms with Crippen molar-refractivity contribution in [3.63, 3.8) is 0 Å². The highest BCUT2D eigenvalue weighted by molar-refractivity contribution is 5.97. The van der Waals surface area contributed by atoms with Crippen LogP contribution in [-0.2, 0) is 9.59 Å². The molecule has 2 heterocycles. The summed E-state index contributed by atoms with van der Waals surface area (Å²) in [4.78, 5) is 23.1. The van der Waals surface area contributed by atoms with Gasteiger partial charge >= 0.3 is 0 Å². The Labute approximate surface area is 116 Å². The van der Waals surface area contributed by atoms with Gasteiger partial charge < -0.3 is 20.1 Å². The summed E-state index contributed by atoms with van der Waals surface area (Å²) in [6, 6.07) is 5.25. The number of hydrogen-bond donors (Lipinski definition) is 2. The first kappa shape index (κ1) is 12.8. The fourth-order valence-corrected chi connectivity index (χ4v) is 2.34. The standard InChI is InChI=1S/C14H16N2O4/c1-14(2)19-10-4-3-9(6-11(10)20-14)16-13(18)8-5-12(17)15-7-8/h3-4,6,8H,5,7H2,1-2H3,(H,15,17)(H,16,18). The van der Waals surface area contributed by atoms with E-state index >= 15 is 0 Å². The monoisotopic (exact) mass is 276 g/mol. The zero-order valence-electron chi connectivity index (χ0n) is 11.4. The van der Waals surface area contributed by atoms with E-state index in [1.165, 1.54) is 0 Å². The van der Waals surface area contributed by atoms with Crippen molar-refractivity contribution in [3.05, 3.63) is 18.2 Å². The molecule has 1 fully saturated rings. The average molecular weight is 276 g/mol. The molecule has 0 radical (unpaired) electrons. The second kappa shape index (κ2) is 4.40. The molecule has 1 atom stereocenters. The maximum absolute atomic E-state index is 12.0. The van der Waals surface area contributed by atoms with Crippen LogP contribution in [0.15, 0.2) is 18.2 Å². The zero-order valence-corrected chi connectivity index (χ0v) is 11.4. The van der Waals surface area contributed by atoms with Gasteiger partial charge in [-0.2, -0.15) is 0 Å². The Bertz CT molecular complexity index is 583. The molecule has 2 aliphatic rings. The van der Waals surface area contributed by atoms with Crippen molar-refractivity contribution in [2.75, 3.05) is 11.9 Å². The van der Waals surface area contributed by atoms with Crippen LogP contribution in [0.5, 0.6) is 11.5 Å². The maximum atomic E-state index is 12.0. The van der Waals surface area contributed by atoms with Gasteiger partial charge in [0.25, 0.3) is 0 Å². The van der Waals surface area contributed by atoms with Crippen molar-refractivity contribution in [2.24, 2.45) is 5.92 Å². The smallest absolute Gasteiger partial charge is 0.246 e. The molecule has 0 bridgehead atoms. The van der Waals surface area contributed by atoms with Crippen molar-refractivity contribution in [2.45, 2.75) is 26.1 Å². The van der Waals surface area contributed by atoms with Crippen LogP contribution < -0.4 is 20.1 Å². The largest absolute Gasteiger partial charge is 0.449 e. The minimum atomic E-state index is -0.688. The van der Waals surface area contributed by atoms with Crippen molar-refractivity contribution >= 4 is 17.5 Å². The first-order valence-corrected chi connectivity index (χ1v) is 6.53. The number of carbonyl (C=O) groups is 2. The lowest BCUT2D eigenvalue weighted by Gasteiger charge is -2.16. The van der Waals surface area contributed by atoms with E-state index in [2.05, 4.69) is 10.6 Å². The van der Waals surface area contributed by atoms with E-state index in [0.717, 1.165) is 0 Å². The number of nitrogens with one attached hydrogen (secondary N) is 2. The number of carbonyl (C=O) groups excluding carboxylic acids is 2. The Morgan fingerprint density at radius 2 is 2.10 bits per heavy atom. The zero-order chi connectivity index (χ0) is 14.3. The summed E-state index contributed by atoms with van der Waals surface area (Å²) < 4.78 is 11.2. The first-order valence-electron chi connectivity index (χ1n) is 6.53. The van der Waals surface area contributed by atoms with E-state index in [1.54, 1.807) is 18.2 Å². The first-order chi connectivity index (χ1) is 9.43. The third kappa shape index (κ3) is 2.41. The predicted molar refractivity (Wildman–Crippen MR) is 71.5 cm³/mol. The van der Waals surface area contributed by atoms with Crippen molar-refractivity contribution < 1.29 is 19.1 Å². The van der Waals surface area contributed by atoms with Crippen LogP contribution in [0.2, 0.25) is 0 Å². The van der Waals surface area contributed by atoms with E-state index in [1.807, 2.05) is 13.8 Å². The van der Waals surface area contributed by atoms with Crippen LogP contribution in [0.4, 0.5) is 5.69 Å². The minimum absolute atomic E-state index is 0.0856. The molecule has 0 saturated carbocycles. The molecule has 0 spiro atoms. The Balaban J connectivity index is 1.70. The van der Waals surface area contributed by atoms with Gasteiger partial charge in [0.2, 0.25) is 17.6 Å². The summed E-state index contributed by atoms with van der Waals surface area (Å²) in [5, 5.41) is 5.44. The van der Waals surface area contributed by atoms with Crippen molar-refractivity contribution in [3.8, 4) is 11.5 Å². The summed E-state index contributed by atoms with van der Waals surface area (Å²) in [5.74, 6) is 0.00907. The lowest BCUT2D eigenvalue weighted by Crippen LogP contribution is -2.29. The Hall–Kier alpha value is -2.24. The highest BCUT2D eigenvalue weighted by Gasteiger charge is 2.32. The third-order valence-corrected chi connectivity index (χ3v) is 3.27. The quantitative estimate of drug-likeness (QED) is 0.852. The van der Waals surface area contributed by atoms with Crippen LogP contribution in [0.25, 0.3) is 0 Å². The van der Waals surface area contributed by atoms with Crippen LogP contribution in [-0.4, -0.2) is 24.1 Å². The van der Waals surface area contributed by atoms with E-state index in [-0.39, 0.29) is 24.2 Å². The van der Waals surface area contributed by atoms with E-state index in [4.69, 9.17) is 9.47 Å². The fourth-order valence-electron chi connectivity index (χ4n) is 2.34. The van der Waals surface area contributed by atoms with Gasteiger partial charge in [-0.3, -0.25) is 9.59 Å². The SMILES string of the molecule is CC1(C)Oc2ccc(NC(=O)C3CNC(=O)C3)cc2O1. The molecule has 0 aromatic heterocycles. The van der Waals surface area contributed by atoms with Crippen LogP contribution in [0.3, 0.4) is 0 Å². The van der Waals surface area contributed by atoms with Crippen molar-refractivity contribution in [1.82, 2.24) is 5.32 Å². The lowest BCUT2D eigenvalue weighted by molar-refractivity contribution is -0.123. The van der Waals surface area contributed by atoms with Gasteiger partial charge in [0, 0.05) is 38.6 Å². The predicted octanol–water partition coefficient (Wildman–Crippen LogP) is 1.27. The van der Waals surface area contributed by atoms with Gasteiger partial charge in [-0.15, -0.1) is 0 Å². The second-order valence-corrected chi connectivity index (χ2v) is 5.46. The van der Waals surface area contributed by atoms with Crippen molar-refractivity contribution in [1.29, 1.82) is 0 Å². The number of ether oxygens (including phenoxy) is 2. The summed E-state index contributed by atoms with van der Waals surface area (Å²) in [7, 11) is 0. The van der Waals surface area contributed by atoms with Gasteiger partial charge in [0.1, 0.15) is 0 Å². The molecule has 2 amide bonds. The molecule has 2 N–H and O–H groups in total. The van der Waals surface area contributed by atoms with E-state index in [0.29, 0.717) is 23.7 Å². The van der Waals surface area contributed by atoms with Gasteiger partial charge in [-0.05, 0) is 12.1 Å². The third-order valence-electron chi connectivity index (χ3n) is 3.27. The van der Waals surface area contributed by atoms with E-state index in [9.17, 15) is 9.59 Å².